The van der Waals surface area contributed by atoms with E-state index in [1.54, 1.807) is 17.0 Å². The predicted octanol–water partition coefficient (Wildman–Crippen LogP) is 3.24. The Balaban J connectivity index is 1.98. The number of carbonyl (C=O) groups is 1. The van der Waals surface area contributed by atoms with Gasteiger partial charge in [-0.15, -0.1) is 0 Å². The maximum Gasteiger partial charge on any atom is 0.261 e. The molecule has 1 aliphatic rings. The number of hydrogen-bond acceptors (Lipinski definition) is 4. The number of rotatable bonds is 3. The molecule has 0 aliphatic carbocycles. The van der Waals surface area contributed by atoms with E-state index in [9.17, 15) is 13.2 Å². The third kappa shape index (κ3) is 3.53. The van der Waals surface area contributed by atoms with Gasteiger partial charge in [-0.1, -0.05) is 17.7 Å². The molecule has 1 aliphatic heterocycles. The Bertz CT molecular complexity index is 969. The summed E-state index contributed by atoms with van der Waals surface area (Å²) in [5.41, 5.74) is 2.90. The lowest BCUT2D eigenvalue weighted by molar-refractivity contribution is -0.117. The van der Waals surface area contributed by atoms with Crippen LogP contribution in [0.25, 0.3) is 0 Å². The lowest BCUT2D eigenvalue weighted by Gasteiger charge is -2.33. The molecule has 1 heterocycles. The van der Waals surface area contributed by atoms with Gasteiger partial charge in [-0.3, -0.25) is 9.52 Å². The van der Waals surface area contributed by atoms with Gasteiger partial charge in [0.15, 0.2) is 0 Å². The van der Waals surface area contributed by atoms with Crippen LogP contribution < -0.4 is 14.4 Å². The number of benzene rings is 2. The van der Waals surface area contributed by atoms with Crippen molar-refractivity contribution in [3.8, 4) is 5.75 Å². The molecule has 0 spiro atoms. The number of anilines is 2. The number of aryl methyl sites for hydroxylation is 2. The second-order valence-corrected chi connectivity index (χ2v) is 8.29. The van der Waals surface area contributed by atoms with Crippen molar-refractivity contribution >= 4 is 27.3 Å². The number of nitrogens with one attached hydrogen (secondary N) is 1. The van der Waals surface area contributed by atoms with Crippen molar-refractivity contribution in [3.05, 3.63) is 47.5 Å². The largest absolute Gasteiger partial charge is 0.487 e. The fourth-order valence-corrected chi connectivity index (χ4v) is 4.16. The number of hydrogen-bond donors (Lipinski definition) is 1. The molecule has 1 atom stereocenters. The van der Waals surface area contributed by atoms with Gasteiger partial charge >= 0.3 is 0 Å². The summed E-state index contributed by atoms with van der Waals surface area (Å²) >= 11 is 0. The van der Waals surface area contributed by atoms with Crippen LogP contribution in [0.3, 0.4) is 0 Å². The van der Waals surface area contributed by atoms with Crippen molar-refractivity contribution in [2.24, 2.45) is 0 Å². The van der Waals surface area contributed by atoms with E-state index in [0.29, 0.717) is 23.7 Å². The van der Waals surface area contributed by atoms with Gasteiger partial charge in [0.25, 0.3) is 10.0 Å². The number of fused-ring (bicyclic) bond motifs is 1. The quantitative estimate of drug-likeness (QED) is 0.895. The fraction of sp³-hybridized carbons (Fsp3) is 0.316. The van der Waals surface area contributed by atoms with Gasteiger partial charge < -0.3 is 9.64 Å². The molecule has 0 fully saturated rings. The second kappa shape index (κ2) is 6.64. The normalized spacial score (nSPS) is 16.6. The molecule has 138 valence electrons. The Hall–Kier alpha value is -2.54. The summed E-state index contributed by atoms with van der Waals surface area (Å²) in [5.74, 6) is 0.350. The zero-order chi connectivity index (χ0) is 19.1. The Morgan fingerprint density at radius 3 is 2.58 bits per heavy atom. The van der Waals surface area contributed by atoms with Crippen LogP contribution >= 0.6 is 0 Å². The summed E-state index contributed by atoms with van der Waals surface area (Å²) in [7, 11) is -3.79. The van der Waals surface area contributed by atoms with E-state index < -0.39 is 10.0 Å². The molecule has 0 aromatic heterocycles. The molecule has 0 saturated heterocycles. The number of sulfonamides is 1. The molecule has 3 rings (SSSR count). The summed E-state index contributed by atoms with van der Waals surface area (Å²) < 4.78 is 34.0. The monoisotopic (exact) mass is 374 g/mol. The lowest BCUT2D eigenvalue weighted by atomic mass is 10.1. The van der Waals surface area contributed by atoms with E-state index in [-0.39, 0.29) is 16.9 Å². The average molecular weight is 374 g/mol. The van der Waals surface area contributed by atoms with E-state index >= 15 is 0 Å². The van der Waals surface area contributed by atoms with E-state index in [4.69, 9.17) is 4.74 Å². The van der Waals surface area contributed by atoms with Crippen LogP contribution in [-0.2, 0) is 14.8 Å². The maximum atomic E-state index is 12.8. The van der Waals surface area contributed by atoms with Gasteiger partial charge in [-0.2, -0.15) is 0 Å². The van der Waals surface area contributed by atoms with Gasteiger partial charge in [-0.05, 0) is 50.6 Å². The fourth-order valence-electron chi connectivity index (χ4n) is 3.01. The van der Waals surface area contributed by atoms with Gasteiger partial charge in [-0.25, -0.2) is 8.42 Å². The minimum absolute atomic E-state index is 0.0839. The van der Waals surface area contributed by atoms with Crippen molar-refractivity contribution in [1.82, 2.24) is 0 Å². The van der Waals surface area contributed by atoms with E-state index in [1.165, 1.54) is 19.1 Å². The van der Waals surface area contributed by atoms with Crippen LogP contribution in [0.4, 0.5) is 11.4 Å². The molecule has 0 radical (unpaired) electrons. The maximum absolute atomic E-state index is 12.8. The third-order valence-electron chi connectivity index (χ3n) is 4.31. The van der Waals surface area contributed by atoms with Crippen molar-refractivity contribution < 1.29 is 17.9 Å². The van der Waals surface area contributed by atoms with E-state index in [0.717, 1.165) is 11.1 Å². The smallest absolute Gasteiger partial charge is 0.261 e. The SMILES string of the molecule is CC(=O)N1C[C@@H](C)Oc2ccc(S(=O)(=O)Nc3ccc(C)cc3C)cc21. The lowest BCUT2D eigenvalue weighted by Crippen LogP contribution is -2.41. The number of nitrogens with zero attached hydrogens (tertiary/aromatic N) is 1. The first-order valence-electron chi connectivity index (χ1n) is 8.36. The van der Waals surface area contributed by atoms with Crippen molar-refractivity contribution in [2.45, 2.75) is 38.7 Å². The molecule has 26 heavy (non-hydrogen) atoms. The highest BCUT2D eigenvalue weighted by atomic mass is 32.2. The predicted molar refractivity (Wildman–Crippen MR) is 101 cm³/mol. The van der Waals surface area contributed by atoms with Crippen LogP contribution in [0, 0.1) is 13.8 Å². The molecule has 1 N–H and O–H groups in total. The molecule has 0 bridgehead atoms. The van der Waals surface area contributed by atoms with Crippen molar-refractivity contribution in [3.63, 3.8) is 0 Å². The first-order chi connectivity index (χ1) is 12.2. The van der Waals surface area contributed by atoms with Crippen LogP contribution in [0.15, 0.2) is 41.3 Å². The number of carbonyl (C=O) groups excluding carboxylic acids is 1. The molecular formula is C19H22N2O4S. The molecular weight excluding hydrogens is 352 g/mol. The minimum atomic E-state index is -3.79. The topological polar surface area (TPSA) is 75.7 Å². The highest BCUT2D eigenvalue weighted by molar-refractivity contribution is 7.92. The average Bonchev–Trinajstić information content (AvgIpc) is 2.56. The molecule has 6 nitrogen and oxygen atoms in total. The molecule has 7 heteroatoms. The summed E-state index contributed by atoms with van der Waals surface area (Å²) in [6.07, 6.45) is -0.151. The Morgan fingerprint density at radius 2 is 1.92 bits per heavy atom. The van der Waals surface area contributed by atoms with Crippen molar-refractivity contribution in [1.29, 1.82) is 0 Å². The van der Waals surface area contributed by atoms with Crippen molar-refractivity contribution in [2.75, 3.05) is 16.2 Å². The third-order valence-corrected chi connectivity index (χ3v) is 5.67. The van der Waals surface area contributed by atoms with Gasteiger partial charge in [0, 0.05) is 6.92 Å². The van der Waals surface area contributed by atoms with E-state index in [1.807, 2.05) is 32.9 Å². The van der Waals surface area contributed by atoms with Crippen LogP contribution in [0.2, 0.25) is 0 Å². The zero-order valence-corrected chi connectivity index (χ0v) is 16.1. The summed E-state index contributed by atoms with van der Waals surface area (Å²) in [4.78, 5) is 13.6. The minimum Gasteiger partial charge on any atom is -0.487 e. The second-order valence-electron chi connectivity index (χ2n) is 6.61. The Kier molecular flexibility index (Phi) is 4.66. The van der Waals surface area contributed by atoms with Gasteiger partial charge in [0.05, 0.1) is 22.8 Å². The first-order valence-corrected chi connectivity index (χ1v) is 9.84. The standard InChI is InChI=1S/C19H22N2O4S/c1-12-5-7-17(13(2)9-12)20-26(23,24)16-6-8-19-18(10-16)21(15(4)22)11-14(3)25-19/h5-10,14,20H,11H2,1-4H3/t14-/m1/s1. The zero-order valence-electron chi connectivity index (χ0n) is 15.2. The highest BCUT2D eigenvalue weighted by Gasteiger charge is 2.28. The number of ether oxygens (including phenoxy) is 1. The van der Waals surface area contributed by atoms with Crippen LogP contribution in [-0.4, -0.2) is 27.0 Å². The highest BCUT2D eigenvalue weighted by Crippen LogP contribution is 2.36. The molecule has 1 amide bonds. The summed E-state index contributed by atoms with van der Waals surface area (Å²) in [6.45, 7) is 7.51. The summed E-state index contributed by atoms with van der Waals surface area (Å²) in [5, 5.41) is 0. The van der Waals surface area contributed by atoms with Gasteiger partial charge in [0.1, 0.15) is 11.9 Å². The van der Waals surface area contributed by atoms with Gasteiger partial charge in [0.2, 0.25) is 5.91 Å². The van der Waals surface area contributed by atoms with E-state index in [2.05, 4.69) is 4.72 Å². The molecule has 2 aromatic rings. The van der Waals surface area contributed by atoms with Crippen LogP contribution in [0.1, 0.15) is 25.0 Å². The molecule has 2 aromatic carbocycles. The summed E-state index contributed by atoms with van der Waals surface area (Å²) in [6, 6.07) is 10.1. The number of amides is 1. The molecule has 0 unspecified atom stereocenters. The molecule has 0 saturated carbocycles. The Labute approximate surface area is 153 Å². The first kappa shape index (κ1) is 18.3. The Morgan fingerprint density at radius 1 is 1.19 bits per heavy atom. The van der Waals surface area contributed by atoms with Crippen LogP contribution in [0.5, 0.6) is 5.75 Å².